The number of phenols is 2. The molecule has 6 heteroatoms. The van der Waals surface area contributed by atoms with Crippen LogP contribution in [-0.4, -0.2) is 28.9 Å². The van der Waals surface area contributed by atoms with Crippen LogP contribution in [0.15, 0.2) is 47.6 Å². The molecule has 1 amide bonds. The first-order valence-corrected chi connectivity index (χ1v) is 6.68. The van der Waals surface area contributed by atoms with Crippen molar-refractivity contribution in [1.29, 1.82) is 0 Å². The summed E-state index contributed by atoms with van der Waals surface area (Å²) in [5, 5.41) is 22.3. The zero-order valence-electron chi connectivity index (χ0n) is 12.0. The second-order valence-corrected chi connectivity index (χ2v) is 4.40. The molecular weight excluding hydrogens is 284 g/mol. The van der Waals surface area contributed by atoms with E-state index in [9.17, 15) is 15.0 Å². The van der Waals surface area contributed by atoms with E-state index < -0.39 is 0 Å². The molecule has 0 bridgehead atoms. The number of hydrogen-bond acceptors (Lipinski definition) is 5. The van der Waals surface area contributed by atoms with Crippen LogP contribution in [0.5, 0.6) is 17.2 Å². The smallest absolute Gasteiger partial charge is 0.271 e. The van der Waals surface area contributed by atoms with E-state index in [0.29, 0.717) is 23.5 Å². The Kier molecular flexibility index (Phi) is 4.98. The lowest BCUT2D eigenvalue weighted by Crippen LogP contribution is -2.17. The Hall–Kier alpha value is -3.02. The van der Waals surface area contributed by atoms with Crippen molar-refractivity contribution in [2.24, 2.45) is 5.10 Å². The Morgan fingerprint density at radius 3 is 2.55 bits per heavy atom. The van der Waals surface area contributed by atoms with Gasteiger partial charge in [0.25, 0.3) is 5.91 Å². The van der Waals surface area contributed by atoms with Gasteiger partial charge in [0.05, 0.1) is 12.8 Å². The molecule has 0 unspecified atom stereocenters. The Labute approximate surface area is 127 Å². The zero-order valence-corrected chi connectivity index (χ0v) is 12.0. The molecule has 6 nitrogen and oxygen atoms in total. The predicted octanol–water partition coefficient (Wildman–Crippen LogP) is 2.26. The number of amides is 1. The summed E-state index contributed by atoms with van der Waals surface area (Å²) >= 11 is 0. The predicted molar refractivity (Wildman–Crippen MR) is 82.4 cm³/mol. The highest BCUT2D eigenvalue weighted by atomic mass is 16.5. The zero-order chi connectivity index (χ0) is 15.9. The van der Waals surface area contributed by atoms with Gasteiger partial charge in [0.15, 0.2) is 11.5 Å². The van der Waals surface area contributed by atoms with E-state index in [-0.39, 0.29) is 17.4 Å². The standard InChI is InChI=1S/C16H16N2O4/c1-2-22-13-6-4-12(5-7-13)16(21)18-17-10-11-3-8-14(19)15(20)9-11/h3-10,19-20H,2H2,1H3,(H,18,21). The van der Waals surface area contributed by atoms with Crippen molar-refractivity contribution in [2.45, 2.75) is 6.92 Å². The normalized spacial score (nSPS) is 10.6. The monoisotopic (exact) mass is 300 g/mol. The van der Waals surface area contributed by atoms with Crippen LogP contribution in [0.2, 0.25) is 0 Å². The molecule has 0 aromatic heterocycles. The fraction of sp³-hybridized carbons (Fsp3) is 0.125. The maximum absolute atomic E-state index is 11.9. The minimum Gasteiger partial charge on any atom is -0.504 e. The number of carbonyl (C=O) groups excluding carboxylic acids is 1. The van der Waals surface area contributed by atoms with Crippen LogP contribution in [0.3, 0.4) is 0 Å². The van der Waals surface area contributed by atoms with Gasteiger partial charge in [0, 0.05) is 5.56 Å². The molecule has 0 saturated heterocycles. The number of benzene rings is 2. The first-order valence-electron chi connectivity index (χ1n) is 6.68. The number of hydrazone groups is 1. The van der Waals surface area contributed by atoms with Crippen molar-refractivity contribution in [2.75, 3.05) is 6.61 Å². The third-order valence-electron chi connectivity index (χ3n) is 2.81. The number of carbonyl (C=O) groups is 1. The average Bonchev–Trinajstić information content (AvgIpc) is 2.52. The number of nitrogens with one attached hydrogen (secondary N) is 1. The summed E-state index contributed by atoms with van der Waals surface area (Å²) in [5.41, 5.74) is 3.38. The first-order chi connectivity index (χ1) is 10.6. The SMILES string of the molecule is CCOc1ccc(C(=O)NN=Cc2ccc(O)c(O)c2)cc1. The van der Waals surface area contributed by atoms with Crippen molar-refractivity contribution in [3.8, 4) is 17.2 Å². The van der Waals surface area contributed by atoms with Gasteiger partial charge in [-0.15, -0.1) is 0 Å². The molecule has 2 aromatic carbocycles. The van der Waals surface area contributed by atoms with Crippen LogP contribution in [0, 0.1) is 0 Å². The lowest BCUT2D eigenvalue weighted by atomic mass is 10.2. The highest BCUT2D eigenvalue weighted by molar-refractivity contribution is 5.95. The molecule has 0 fully saturated rings. The molecule has 3 N–H and O–H groups in total. The number of hydrogen-bond donors (Lipinski definition) is 3. The third kappa shape index (κ3) is 3.99. The van der Waals surface area contributed by atoms with Gasteiger partial charge in [-0.2, -0.15) is 5.10 Å². The van der Waals surface area contributed by atoms with Crippen molar-refractivity contribution in [1.82, 2.24) is 5.43 Å². The van der Waals surface area contributed by atoms with Gasteiger partial charge in [-0.3, -0.25) is 4.79 Å². The maximum Gasteiger partial charge on any atom is 0.271 e. The van der Waals surface area contributed by atoms with Crippen molar-refractivity contribution >= 4 is 12.1 Å². The maximum atomic E-state index is 11.9. The summed E-state index contributed by atoms with van der Waals surface area (Å²) < 4.78 is 5.29. The van der Waals surface area contributed by atoms with Crippen LogP contribution in [0.25, 0.3) is 0 Å². The van der Waals surface area contributed by atoms with Gasteiger partial charge in [0.2, 0.25) is 0 Å². The summed E-state index contributed by atoms with van der Waals surface area (Å²) in [7, 11) is 0. The van der Waals surface area contributed by atoms with Crippen LogP contribution < -0.4 is 10.2 Å². The molecule has 0 radical (unpaired) electrons. The highest BCUT2D eigenvalue weighted by Crippen LogP contribution is 2.23. The quantitative estimate of drug-likeness (QED) is 0.449. The molecule has 0 heterocycles. The van der Waals surface area contributed by atoms with Crippen molar-refractivity contribution in [3.05, 3.63) is 53.6 Å². The minimum absolute atomic E-state index is 0.212. The molecule has 0 aliphatic rings. The summed E-state index contributed by atoms with van der Waals surface area (Å²) in [6.07, 6.45) is 1.37. The Bertz CT molecular complexity index is 681. The summed E-state index contributed by atoms with van der Waals surface area (Å²) in [6.45, 7) is 2.45. The molecule has 0 atom stereocenters. The van der Waals surface area contributed by atoms with E-state index in [4.69, 9.17) is 4.74 Å². The summed E-state index contributed by atoms with van der Waals surface area (Å²) in [6, 6.07) is 10.9. The third-order valence-corrected chi connectivity index (χ3v) is 2.81. The molecule has 0 aliphatic heterocycles. The van der Waals surface area contributed by atoms with Gasteiger partial charge >= 0.3 is 0 Å². The summed E-state index contributed by atoms with van der Waals surface area (Å²) in [5.74, 6) is -0.123. The molecule has 2 aromatic rings. The van der Waals surface area contributed by atoms with E-state index >= 15 is 0 Å². The summed E-state index contributed by atoms with van der Waals surface area (Å²) in [4.78, 5) is 11.9. The Morgan fingerprint density at radius 2 is 1.91 bits per heavy atom. The fourth-order valence-electron chi connectivity index (χ4n) is 1.72. The second kappa shape index (κ2) is 7.12. The Balaban J connectivity index is 1.96. The van der Waals surface area contributed by atoms with Gasteiger partial charge in [-0.25, -0.2) is 5.43 Å². The molecule has 0 aliphatic carbocycles. The largest absolute Gasteiger partial charge is 0.504 e. The average molecular weight is 300 g/mol. The number of nitrogens with zero attached hydrogens (tertiary/aromatic N) is 1. The number of aromatic hydroxyl groups is 2. The minimum atomic E-state index is -0.359. The van der Waals surface area contributed by atoms with Crippen LogP contribution in [0.1, 0.15) is 22.8 Å². The van der Waals surface area contributed by atoms with Crippen molar-refractivity contribution < 1.29 is 19.7 Å². The van der Waals surface area contributed by atoms with Crippen molar-refractivity contribution in [3.63, 3.8) is 0 Å². The first kappa shape index (κ1) is 15.4. The Morgan fingerprint density at radius 1 is 1.18 bits per heavy atom. The molecule has 22 heavy (non-hydrogen) atoms. The lowest BCUT2D eigenvalue weighted by molar-refractivity contribution is 0.0955. The number of rotatable bonds is 5. The van der Waals surface area contributed by atoms with Gasteiger partial charge in [-0.1, -0.05) is 0 Å². The number of phenolic OH excluding ortho intramolecular Hbond substituents is 2. The van der Waals surface area contributed by atoms with Gasteiger partial charge in [-0.05, 0) is 55.0 Å². The topological polar surface area (TPSA) is 91.2 Å². The van der Waals surface area contributed by atoms with E-state index in [1.54, 1.807) is 30.3 Å². The molecule has 114 valence electrons. The van der Waals surface area contributed by atoms with E-state index in [1.807, 2.05) is 6.92 Å². The van der Waals surface area contributed by atoms with E-state index in [0.717, 1.165) is 0 Å². The lowest BCUT2D eigenvalue weighted by Gasteiger charge is -2.04. The van der Waals surface area contributed by atoms with Crippen LogP contribution in [-0.2, 0) is 0 Å². The molecule has 2 rings (SSSR count). The number of ether oxygens (including phenoxy) is 1. The fourth-order valence-corrected chi connectivity index (χ4v) is 1.72. The molecular formula is C16H16N2O4. The van der Waals surface area contributed by atoms with E-state index in [2.05, 4.69) is 10.5 Å². The van der Waals surface area contributed by atoms with Gasteiger partial charge in [0.1, 0.15) is 5.75 Å². The van der Waals surface area contributed by atoms with E-state index in [1.165, 1.54) is 18.3 Å². The van der Waals surface area contributed by atoms with Crippen LogP contribution in [0.4, 0.5) is 0 Å². The highest BCUT2D eigenvalue weighted by Gasteiger charge is 2.04. The van der Waals surface area contributed by atoms with Gasteiger partial charge < -0.3 is 14.9 Å². The molecule has 0 saturated carbocycles. The molecule has 0 spiro atoms. The van der Waals surface area contributed by atoms with Crippen LogP contribution >= 0.6 is 0 Å². The second-order valence-electron chi connectivity index (χ2n) is 4.40.